The van der Waals surface area contributed by atoms with E-state index in [9.17, 15) is 4.79 Å². The number of hydrogen-bond donors (Lipinski definition) is 1. The summed E-state index contributed by atoms with van der Waals surface area (Å²) < 4.78 is 8.18. The average molecular weight is 409 g/mol. The fourth-order valence-corrected chi connectivity index (χ4v) is 4.23. The van der Waals surface area contributed by atoms with Gasteiger partial charge in [0, 0.05) is 35.6 Å². The monoisotopic (exact) mass is 409 g/mol. The maximum Gasteiger partial charge on any atom is 0.262 e. The summed E-state index contributed by atoms with van der Waals surface area (Å²) >= 11 is 0. The highest BCUT2D eigenvalue weighted by Gasteiger charge is 2.23. The number of aryl methyl sites for hydroxylation is 3. The summed E-state index contributed by atoms with van der Waals surface area (Å²) in [7, 11) is 0. The molecule has 5 nitrogen and oxygen atoms in total. The molecule has 0 aliphatic rings. The Bertz CT molecular complexity index is 1480. The van der Waals surface area contributed by atoms with Crippen LogP contribution in [0.1, 0.15) is 18.1 Å². The molecule has 0 amide bonds. The van der Waals surface area contributed by atoms with Crippen LogP contribution in [-0.4, -0.2) is 9.55 Å². The van der Waals surface area contributed by atoms with Gasteiger partial charge in [0.15, 0.2) is 5.58 Å². The van der Waals surface area contributed by atoms with Crippen molar-refractivity contribution >= 4 is 33.4 Å². The van der Waals surface area contributed by atoms with Gasteiger partial charge in [0.25, 0.3) is 5.56 Å². The van der Waals surface area contributed by atoms with E-state index in [4.69, 9.17) is 4.42 Å². The van der Waals surface area contributed by atoms with Crippen molar-refractivity contribution in [1.82, 2.24) is 9.55 Å². The normalized spacial score (nSPS) is 11.3. The lowest BCUT2D eigenvalue weighted by Gasteiger charge is -2.10. The SMILES string of the molecule is CCn1c(=O)c2c(-c3cccnc3)c(Nc3ccc(C)cc3C)oc2c2ccccc21. The first-order valence-corrected chi connectivity index (χ1v) is 10.4. The Labute approximate surface area is 180 Å². The third-order valence-electron chi connectivity index (χ3n) is 5.70. The molecule has 0 aliphatic heterocycles. The Morgan fingerprint density at radius 3 is 2.65 bits per heavy atom. The van der Waals surface area contributed by atoms with E-state index in [2.05, 4.69) is 36.3 Å². The molecule has 0 bridgehead atoms. The second-order valence-electron chi connectivity index (χ2n) is 7.76. The van der Waals surface area contributed by atoms with Crippen LogP contribution in [0.15, 0.2) is 76.2 Å². The number of benzene rings is 2. The minimum Gasteiger partial charge on any atom is -0.439 e. The number of anilines is 2. The first kappa shape index (κ1) is 19.1. The van der Waals surface area contributed by atoms with Crippen molar-refractivity contribution in [3.63, 3.8) is 0 Å². The third kappa shape index (κ3) is 3.10. The van der Waals surface area contributed by atoms with Gasteiger partial charge in [-0.1, -0.05) is 35.9 Å². The fourth-order valence-electron chi connectivity index (χ4n) is 4.23. The molecule has 0 aliphatic carbocycles. The Morgan fingerprint density at radius 2 is 1.90 bits per heavy atom. The highest BCUT2D eigenvalue weighted by atomic mass is 16.4. The minimum absolute atomic E-state index is 0.0625. The summed E-state index contributed by atoms with van der Waals surface area (Å²) in [6, 6.07) is 17.9. The topological polar surface area (TPSA) is 60.1 Å². The molecule has 5 rings (SSSR count). The number of aromatic nitrogens is 2. The van der Waals surface area contributed by atoms with Gasteiger partial charge in [-0.15, -0.1) is 0 Å². The molecular weight excluding hydrogens is 386 g/mol. The maximum atomic E-state index is 13.6. The fraction of sp³-hybridized carbons (Fsp3) is 0.154. The smallest absolute Gasteiger partial charge is 0.262 e. The molecule has 0 atom stereocenters. The summed E-state index contributed by atoms with van der Waals surface area (Å²) in [5.41, 5.74) is 6.21. The Kier molecular flexibility index (Phi) is 4.59. The first-order valence-electron chi connectivity index (χ1n) is 10.4. The quantitative estimate of drug-likeness (QED) is 0.384. The number of furan rings is 1. The third-order valence-corrected chi connectivity index (χ3v) is 5.70. The van der Waals surface area contributed by atoms with Crippen LogP contribution < -0.4 is 10.9 Å². The number of hydrogen-bond acceptors (Lipinski definition) is 4. The van der Waals surface area contributed by atoms with Gasteiger partial charge in [-0.3, -0.25) is 9.78 Å². The maximum absolute atomic E-state index is 13.6. The van der Waals surface area contributed by atoms with E-state index in [0.29, 0.717) is 23.4 Å². The van der Waals surface area contributed by atoms with E-state index >= 15 is 0 Å². The first-order chi connectivity index (χ1) is 15.1. The standard InChI is InChI=1S/C26H23N3O2/c1-4-29-21-10-6-5-9-19(21)24-23(26(29)30)22(18-8-7-13-27-15-18)25(31-24)28-20-12-11-16(2)14-17(20)3/h5-15,28H,4H2,1-3H3. The molecule has 0 saturated carbocycles. The predicted octanol–water partition coefficient (Wildman–Crippen LogP) is 6.19. The van der Waals surface area contributed by atoms with E-state index in [1.54, 1.807) is 17.0 Å². The molecule has 0 fully saturated rings. The van der Waals surface area contributed by atoms with Crippen LogP contribution in [0, 0.1) is 13.8 Å². The van der Waals surface area contributed by atoms with Crippen molar-refractivity contribution in [2.24, 2.45) is 0 Å². The number of pyridine rings is 2. The van der Waals surface area contributed by atoms with Gasteiger partial charge in [-0.25, -0.2) is 0 Å². The van der Waals surface area contributed by atoms with Crippen LogP contribution in [0.25, 0.3) is 33.0 Å². The highest BCUT2D eigenvalue weighted by Crippen LogP contribution is 2.41. The predicted molar refractivity (Wildman–Crippen MR) is 126 cm³/mol. The van der Waals surface area contributed by atoms with Crippen molar-refractivity contribution in [3.8, 4) is 11.1 Å². The van der Waals surface area contributed by atoms with Gasteiger partial charge in [-0.2, -0.15) is 0 Å². The molecule has 5 heteroatoms. The molecule has 2 aromatic carbocycles. The summed E-state index contributed by atoms with van der Waals surface area (Å²) in [5, 5.41) is 4.93. The zero-order chi connectivity index (χ0) is 21.5. The zero-order valence-corrected chi connectivity index (χ0v) is 17.8. The Balaban J connectivity index is 1.88. The van der Waals surface area contributed by atoms with Gasteiger partial charge in [0.1, 0.15) is 0 Å². The van der Waals surface area contributed by atoms with Crippen LogP contribution in [0.5, 0.6) is 0 Å². The molecule has 31 heavy (non-hydrogen) atoms. The van der Waals surface area contributed by atoms with Crippen LogP contribution in [0.2, 0.25) is 0 Å². The van der Waals surface area contributed by atoms with E-state index in [1.165, 1.54) is 5.56 Å². The van der Waals surface area contributed by atoms with Crippen molar-refractivity contribution < 1.29 is 4.42 Å². The van der Waals surface area contributed by atoms with Crippen LogP contribution in [0.4, 0.5) is 11.6 Å². The lowest BCUT2D eigenvalue weighted by molar-refractivity contribution is 0.637. The van der Waals surface area contributed by atoms with Gasteiger partial charge < -0.3 is 14.3 Å². The summed E-state index contributed by atoms with van der Waals surface area (Å²) in [6.45, 7) is 6.69. The van der Waals surface area contributed by atoms with Crippen molar-refractivity contribution in [3.05, 3.63) is 88.5 Å². The summed E-state index contributed by atoms with van der Waals surface area (Å²) in [6.07, 6.45) is 3.49. The van der Waals surface area contributed by atoms with E-state index in [0.717, 1.165) is 33.3 Å². The number of fused-ring (bicyclic) bond motifs is 3. The Hall–Kier alpha value is -3.86. The van der Waals surface area contributed by atoms with Crippen LogP contribution in [-0.2, 0) is 6.54 Å². The van der Waals surface area contributed by atoms with Crippen molar-refractivity contribution in [1.29, 1.82) is 0 Å². The number of nitrogens with one attached hydrogen (secondary N) is 1. The molecular formula is C26H23N3O2. The van der Waals surface area contributed by atoms with Crippen LogP contribution >= 0.6 is 0 Å². The molecule has 5 aromatic rings. The van der Waals surface area contributed by atoms with E-state index in [-0.39, 0.29) is 5.56 Å². The lowest BCUT2D eigenvalue weighted by Crippen LogP contribution is -2.19. The van der Waals surface area contributed by atoms with Crippen molar-refractivity contribution in [2.45, 2.75) is 27.3 Å². The average Bonchev–Trinajstić information content (AvgIpc) is 3.16. The van der Waals surface area contributed by atoms with Gasteiger partial charge in [0.05, 0.1) is 16.5 Å². The number of rotatable bonds is 4. The van der Waals surface area contributed by atoms with Crippen molar-refractivity contribution in [2.75, 3.05) is 5.32 Å². The summed E-state index contributed by atoms with van der Waals surface area (Å²) in [4.78, 5) is 17.9. The second kappa shape index (κ2) is 7.43. The van der Waals surface area contributed by atoms with Crippen LogP contribution in [0.3, 0.4) is 0 Å². The Morgan fingerprint density at radius 1 is 1.06 bits per heavy atom. The number of nitrogens with zero attached hydrogens (tertiary/aromatic N) is 2. The lowest BCUT2D eigenvalue weighted by atomic mass is 10.0. The molecule has 3 heterocycles. The molecule has 3 aromatic heterocycles. The van der Waals surface area contributed by atoms with E-state index < -0.39 is 0 Å². The van der Waals surface area contributed by atoms with Gasteiger partial charge >= 0.3 is 0 Å². The highest BCUT2D eigenvalue weighted by molar-refractivity contribution is 6.11. The molecule has 0 spiro atoms. The molecule has 154 valence electrons. The zero-order valence-electron chi connectivity index (χ0n) is 17.8. The second-order valence-corrected chi connectivity index (χ2v) is 7.76. The molecule has 0 radical (unpaired) electrons. The number of para-hydroxylation sites is 1. The van der Waals surface area contributed by atoms with Gasteiger partial charge in [-0.05, 0) is 50.6 Å². The molecule has 1 N–H and O–H groups in total. The molecule has 0 saturated heterocycles. The van der Waals surface area contributed by atoms with Gasteiger partial charge in [0.2, 0.25) is 5.88 Å². The van der Waals surface area contributed by atoms with E-state index in [1.807, 2.05) is 49.4 Å². The molecule has 0 unspecified atom stereocenters. The minimum atomic E-state index is -0.0625. The summed E-state index contributed by atoms with van der Waals surface area (Å²) in [5.74, 6) is 0.547. The largest absolute Gasteiger partial charge is 0.439 e.